The summed E-state index contributed by atoms with van der Waals surface area (Å²) in [6.45, 7) is 0. The Kier molecular flexibility index (Phi) is 3.67. The first-order chi connectivity index (χ1) is 6.24. The molecule has 0 aliphatic carbocycles. The average molecular weight is 241 g/mol. The van der Waals surface area contributed by atoms with Crippen LogP contribution in [0.15, 0.2) is 34.8 Å². The zero-order valence-electron chi connectivity index (χ0n) is 6.83. The quantitative estimate of drug-likeness (QED) is 0.356. The van der Waals surface area contributed by atoms with Crippen molar-refractivity contribution in [2.24, 2.45) is 5.84 Å². The van der Waals surface area contributed by atoms with Gasteiger partial charge in [-0.3, -0.25) is 10.2 Å². The van der Waals surface area contributed by atoms with Gasteiger partial charge >= 0.3 is 0 Å². The van der Waals surface area contributed by atoms with Crippen LogP contribution in [0.4, 0.5) is 0 Å². The Bertz CT molecular complexity index is 336. The van der Waals surface area contributed by atoms with E-state index >= 15 is 0 Å². The van der Waals surface area contributed by atoms with Crippen LogP contribution in [0.3, 0.4) is 0 Å². The molecule has 3 N–H and O–H groups in total. The number of benzene rings is 1. The molecule has 0 saturated carbocycles. The number of rotatable bonds is 2. The van der Waals surface area contributed by atoms with Gasteiger partial charge in [-0.25, -0.2) is 5.84 Å². The van der Waals surface area contributed by atoms with Gasteiger partial charge in [0.1, 0.15) is 0 Å². The van der Waals surface area contributed by atoms with Gasteiger partial charge in [-0.1, -0.05) is 34.1 Å². The maximum Gasteiger partial charge on any atom is 0.257 e. The van der Waals surface area contributed by atoms with Gasteiger partial charge in [-0.2, -0.15) is 0 Å². The highest BCUT2D eigenvalue weighted by Crippen LogP contribution is 2.16. The van der Waals surface area contributed by atoms with Crippen LogP contribution in [0.25, 0.3) is 6.08 Å². The fourth-order valence-electron chi connectivity index (χ4n) is 0.824. The number of carbonyl (C=O) groups is 1. The van der Waals surface area contributed by atoms with E-state index in [4.69, 9.17) is 5.84 Å². The van der Waals surface area contributed by atoms with Crippen molar-refractivity contribution in [2.45, 2.75) is 0 Å². The Balaban J connectivity index is 2.80. The molecule has 0 unspecified atom stereocenters. The number of amides is 1. The number of hydrogen-bond donors (Lipinski definition) is 2. The second kappa shape index (κ2) is 4.79. The normalized spacial score (nSPS) is 10.3. The predicted molar refractivity (Wildman–Crippen MR) is 55.5 cm³/mol. The SMILES string of the molecule is NNC(=O)/C=C/c1ccccc1Br. The van der Waals surface area contributed by atoms with Crippen molar-refractivity contribution < 1.29 is 4.79 Å². The van der Waals surface area contributed by atoms with Crippen molar-refractivity contribution in [3.63, 3.8) is 0 Å². The topological polar surface area (TPSA) is 55.1 Å². The third-order valence-electron chi connectivity index (χ3n) is 1.46. The van der Waals surface area contributed by atoms with Crippen molar-refractivity contribution >= 4 is 27.9 Å². The summed E-state index contributed by atoms with van der Waals surface area (Å²) in [6, 6.07) is 7.60. The van der Waals surface area contributed by atoms with E-state index in [0.29, 0.717) is 0 Å². The maximum absolute atomic E-state index is 10.8. The number of hydrogen-bond acceptors (Lipinski definition) is 2. The monoisotopic (exact) mass is 240 g/mol. The van der Waals surface area contributed by atoms with Crippen molar-refractivity contribution in [1.29, 1.82) is 0 Å². The lowest BCUT2D eigenvalue weighted by Crippen LogP contribution is -2.27. The van der Waals surface area contributed by atoms with E-state index in [0.717, 1.165) is 10.0 Å². The summed E-state index contributed by atoms with van der Waals surface area (Å²) in [4.78, 5) is 10.8. The molecule has 0 bridgehead atoms. The van der Waals surface area contributed by atoms with Crippen molar-refractivity contribution in [1.82, 2.24) is 5.43 Å². The third kappa shape index (κ3) is 3.01. The molecular formula is C9H9BrN2O. The minimum Gasteiger partial charge on any atom is -0.291 e. The smallest absolute Gasteiger partial charge is 0.257 e. The molecule has 3 nitrogen and oxygen atoms in total. The highest BCUT2D eigenvalue weighted by molar-refractivity contribution is 9.10. The highest BCUT2D eigenvalue weighted by atomic mass is 79.9. The van der Waals surface area contributed by atoms with Gasteiger partial charge in [0.25, 0.3) is 5.91 Å². The van der Waals surface area contributed by atoms with Crippen LogP contribution in [-0.4, -0.2) is 5.91 Å². The second-order valence-electron chi connectivity index (χ2n) is 2.36. The Morgan fingerprint density at radius 2 is 2.15 bits per heavy atom. The van der Waals surface area contributed by atoms with E-state index in [1.54, 1.807) is 6.08 Å². The van der Waals surface area contributed by atoms with Crippen molar-refractivity contribution in [2.75, 3.05) is 0 Å². The van der Waals surface area contributed by atoms with Gasteiger partial charge < -0.3 is 0 Å². The lowest BCUT2D eigenvalue weighted by atomic mass is 10.2. The first-order valence-corrected chi connectivity index (χ1v) is 4.46. The van der Waals surface area contributed by atoms with E-state index in [9.17, 15) is 4.79 Å². The van der Waals surface area contributed by atoms with Crippen LogP contribution in [0.1, 0.15) is 5.56 Å². The summed E-state index contributed by atoms with van der Waals surface area (Å²) < 4.78 is 0.941. The van der Waals surface area contributed by atoms with Crippen LogP contribution in [0.5, 0.6) is 0 Å². The summed E-state index contributed by atoms with van der Waals surface area (Å²) in [5.74, 6) is 4.59. The Hall–Kier alpha value is -1.13. The van der Waals surface area contributed by atoms with E-state index in [2.05, 4.69) is 15.9 Å². The number of halogens is 1. The van der Waals surface area contributed by atoms with Gasteiger partial charge in [-0.15, -0.1) is 0 Å². The lowest BCUT2D eigenvalue weighted by Gasteiger charge is -1.96. The summed E-state index contributed by atoms with van der Waals surface area (Å²) >= 11 is 3.35. The van der Waals surface area contributed by atoms with E-state index in [1.165, 1.54) is 6.08 Å². The number of hydrazine groups is 1. The predicted octanol–water partition coefficient (Wildman–Crippen LogP) is 1.45. The van der Waals surface area contributed by atoms with E-state index < -0.39 is 0 Å². The van der Waals surface area contributed by atoms with Crippen LogP contribution < -0.4 is 11.3 Å². The molecule has 0 aromatic heterocycles. The molecule has 0 saturated heterocycles. The fourth-order valence-corrected chi connectivity index (χ4v) is 1.24. The summed E-state index contributed by atoms with van der Waals surface area (Å²) in [5.41, 5.74) is 2.95. The number of nitrogens with one attached hydrogen (secondary N) is 1. The highest BCUT2D eigenvalue weighted by Gasteiger charge is 1.94. The molecule has 68 valence electrons. The van der Waals surface area contributed by atoms with Crippen LogP contribution in [-0.2, 0) is 4.79 Å². The minimum absolute atomic E-state index is 0.323. The zero-order chi connectivity index (χ0) is 9.68. The van der Waals surface area contributed by atoms with Gasteiger partial charge in [0.15, 0.2) is 0 Å². The fraction of sp³-hybridized carbons (Fsp3) is 0. The largest absolute Gasteiger partial charge is 0.291 e. The van der Waals surface area contributed by atoms with Crippen LogP contribution >= 0.6 is 15.9 Å². The van der Waals surface area contributed by atoms with Crippen LogP contribution in [0, 0.1) is 0 Å². The van der Waals surface area contributed by atoms with Gasteiger partial charge in [0, 0.05) is 10.5 Å². The van der Waals surface area contributed by atoms with Crippen LogP contribution in [0.2, 0.25) is 0 Å². The van der Waals surface area contributed by atoms with Gasteiger partial charge in [0.05, 0.1) is 0 Å². The maximum atomic E-state index is 10.8. The summed E-state index contributed by atoms with van der Waals surface area (Å²) in [6.07, 6.45) is 3.06. The average Bonchev–Trinajstić information content (AvgIpc) is 2.16. The molecule has 0 aliphatic rings. The molecule has 0 radical (unpaired) electrons. The first kappa shape index (κ1) is 9.95. The van der Waals surface area contributed by atoms with E-state index in [1.807, 2.05) is 29.7 Å². The second-order valence-corrected chi connectivity index (χ2v) is 3.22. The van der Waals surface area contributed by atoms with E-state index in [-0.39, 0.29) is 5.91 Å². The van der Waals surface area contributed by atoms with Crippen molar-refractivity contribution in [3.05, 3.63) is 40.4 Å². The number of carbonyl (C=O) groups excluding carboxylic acids is 1. The Labute approximate surface area is 84.7 Å². The Morgan fingerprint density at radius 1 is 1.46 bits per heavy atom. The molecule has 1 aromatic carbocycles. The molecule has 1 rings (SSSR count). The van der Waals surface area contributed by atoms with Gasteiger partial charge in [-0.05, 0) is 17.7 Å². The summed E-state index contributed by atoms with van der Waals surface area (Å²) in [5, 5.41) is 0. The molecule has 13 heavy (non-hydrogen) atoms. The molecular weight excluding hydrogens is 232 g/mol. The minimum atomic E-state index is -0.323. The lowest BCUT2D eigenvalue weighted by molar-refractivity contribution is -0.116. The van der Waals surface area contributed by atoms with Gasteiger partial charge in [0.2, 0.25) is 0 Å². The number of nitrogens with two attached hydrogens (primary N) is 1. The standard InChI is InChI=1S/C9H9BrN2O/c10-8-4-2-1-3-7(8)5-6-9(13)12-11/h1-6H,11H2,(H,12,13)/b6-5+. The molecule has 0 atom stereocenters. The third-order valence-corrected chi connectivity index (χ3v) is 2.18. The molecule has 0 spiro atoms. The Morgan fingerprint density at radius 3 is 2.77 bits per heavy atom. The molecule has 1 amide bonds. The molecule has 0 aliphatic heterocycles. The molecule has 0 fully saturated rings. The zero-order valence-corrected chi connectivity index (χ0v) is 8.41. The van der Waals surface area contributed by atoms with Crippen molar-refractivity contribution in [3.8, 4) is 0 Å². The molecule has 0 heterocycles. The molecule has 1 aromatic rings. The summed E-state index contributed by atoms with van der Waals surface area (Å²) in [7, 11) is 0. The molecule has 4 heteroatoms. The first-order valence-electron chi connectivity index (χ1n) is 3.67.